The first-order valence-electron chi connectivity index (χ1n) is 12.3. The highest BCUT2D eigenvalue weighted by molar-refractivity contribution is 8.04. The number of benzene rings is 3. The van der Waals surface area contributed by atoms with Crippen molar-refractivity contribution in [2.75, 3.05) is 36.5 Å². The van der Waals surface area contributed by atoms with Crippen molar-refractivity contribution in [3.05, 3.63) is 93.9 Å². The topological polar surface area (TPSA) is 43.9 Å². The molecule has 1 fully saturated rings. The van der Waals surface area contributed by atoms with Gasteiger partial charge in [-0.05, 0) is 62.7 Å². The van der Waals surface area contributed by atoms with Gasteiger partial charge in [0.1, 0.15) is 0 Å². The summed E-state index contributed by atoms with van der Waals surface area (Å²) >= 11 is 1.46. The van der Waals surface area contributed by atoms with Crippen LogP contribution in [0.5, 0.6) is 0 Å². The predicted molar refractivity (Wildman–Crippen MR) is 149 cm³/mol. The van der Waals surface area contributed by atoms with E-state index in [-0.39, 0.29) is 17.9 Å². The van der Waals surface area contributed by atoms with Crippen LogP contribution < -0.4 is 9.80 Å². The van der Waals surface area contributed by atoms with E-state index in [9.17, 15) is 9.59 Å². The van der Waals surface area contributed by atoms with Crippen molar-refractivity contribution >= 4 is 41.0 Å². The number of piperazine rings is 1. The standard InChI is InChI=1S/C30H31N3O2S/c1-20-8-11-25(12-9-20)33-15-14-32(19-22(33)3)29(34)24-10-13-27-26(18-24)31(4)30(35)28(36-27)17-23-7-5-6-21(2)16-23/h5-13,16-18,22H,14-15,19H2,1-4H3/b28-17-. The van der Waals surface area contributed by atoms with E-state index in [0.29, 0.717) is 23.6 Å². The van der Waals surface area contributed by atoms with Crippen LogP contribution in [0.3, 0.4) is 0 Å². The Morgan fingerprint density at radius 2 is 1.75 bits per heavy atom. The van der Waals surface area contributed by atoms with E-state index in [1.807, 2.05) is 54.3 Å². The molecular formula is C30H31N3O2S. The molecule has 6 heteroatoms. The summed E-state index contributed by atoms with van der Waals surface area (Å²) in [4.78, 5) is 34.2. The lowest BCUT2D eigenvalue weighted by atomic mass is 10.1. The summed E-state index contributed by atoms with van der Waals surface area (Å²) in [6.45, 7) is 8.42. The number of carbonyl (C=O) groups is 2. The number of rotatable bonds is 3. The Kier molecular flexibility index (Phi) is 6.63. The highest BCUT2D eigenvalue weighted by Crippen LogP contribution is 2.42. The zero-order valence-electron chi connectivity index (χ0n) is 21.2. The normalized spacial score (nSPS) is 19.0. The molecule has 0 aliphatic carbocycles. The molecule has 2 amide bonds. The molecule has 3 aromatic rings. The third-order valence-electron chi connectivity index (χ3n) is 6.92. The van der Waals surface area contributed by atoms with Crippen LogP contribution in [-0.4, -0.2) is 49.4 Å². The van der Waals surface area contributed by atoms with Crippen molar-refractivity contribution in [2.45, 2.75) is 31.7 Å². The van der Waals surface area contributed by atoms with Crippen LogP contribution in [0.25, 0.3) is 6.08 Å². The minimum Gasteiger partial charge on any atom is -0.365 e. The molecule has 0 saturated carbocycles. The lowest BCUT2D eigenvalue weighted by molar-refractivity contribution is -0.114. The Labute approximate surface area is 217 Å². The second-order valence-corrected chi connectivity index (χ2v) is 10.8. The molecule has 0 N–H and O–H groups in total. The quantitative estimate of drug-likeness (QED) is 0.431. The van der Waals surface area contributed by atoms with Crippen LogP contribution in [0.4, 0.5) is 11.4 Å². The van der Waals surface area contributed by atoms with Gasteiger partial charge in [0.05, 0.1) is 10.6 Å². The second kappa shape index (κ2) is 9.86. The summed E-state index contributed by atoms with van der Waals surface area (Å²) in [5.74, 6) is -0.0425. The average molecular weight is 498 g/mol. The molecular weight excluding hydrogens is 466 g/mol. The first-order valence-corrected chi connectivity index (χ1v) is 13.1. The van der Waals surface area contributed by atoms with Crippen LogP contribution in [0.2, 0.25) is 0 Å². The Bertz CT molecular complexity index is 1350. The molecule has 36 heavy (non-hydrogen) atoms. The van der Waals surface area contributed by atoms with Crippen molar-refractivity contribution in [3.8, 4) is 0 Å². The molecule has 5 nitrogen and oxygen atoms in total. The number of thioether (sulfide) groups is 1. The number of likely N-dealkylation sites (N-methyl/N-ethyl adjacent to an activating group) is 1. The molecule has 5 rings (SSSR count). The lowest BCUT2D eigenvalue weighted by Crippen LogP contribution is -2.53. The summed E-state index contributed by atoms with van der Waals surface area (Å²) in [5.41, 5.74) is 6.00. The molecule has 184 valence electrons. The van der Waals surface area contributed by atoms with Crippen molar-refractivity contribution in [1.29, 1.82) is 0 Å². The molecule has 1 atom stereocenters. The molecule has 0 aromatic heterocycles. The van der Waals surface area contributed by atoms with E-state index in [2.05, 4.69) is 49.1 Å². The number of hydrogen-bond donors (Lipinski definition) is 0. The number of nitrogens with zero attached hydrogens (tertiary/aromatic N) is 3. The molecule has 3 aromatic carbocycles. The highest BCUT2D eigenvalue weighted by atomic mass is 32.2. The largest absolute Gasteiger partial charge is 0.365 e. The summed E-state index contributed by atoms with van der Waals surface area (Å²) < 4.78 is 0. The maximum absolute atomic E-state index is 13.4. The number of fused-ring (bicyclic) bond motifs is 1. The predicted octanol–water partition coefficient (Wildman–Crippen LogP) is 5.76. The van der Waals surface area contributed by atoms with Gasteiger partial charge in [-0.1, -0.05) is 59.3 Å². The highest BCUT2D eigenvalue weighted by Gasteiger charge is 2.30. The average Bonchev–Trinajstić information content (AvgIpc) is 2.87. The number of hydrogen-bond acceptors (Lipinski definition) is 4. The molecule has 2 aliphatic rings. The first-order chi connectivity index (χ1) is 17.3. The van der Waals surface area contributed by atoms with E-state index in [1.54, 1.807) is 11.9 Å². The Balaban J connectivity index is 1.33. The minimum absolute atomic E-state index is 0.0140. The number of anilines is 2. The molecule has 2 aliphatic heterocycles. The molecule has 1 unspecified atom stereocenters. The molecule has 2 heterocycles. The van der Waals surface area contributed by atoms with Crippen molar-refractivity contribution < 1.29 is 9.59 Å². The third-order valence-corrected chi connectivity index (χ3v) is 8.00. The monoisotopic (exact) mass is 497 g/mol. The number of aryl methyl sites for hydroxylation is 2. The summed E-state index contributed by atoms with van der Waals surface area (Å²) in [6, 6.07) is 22.6. The van der Waals surface area contributed by atoms with E-state index in [4.69, 9.17) is 0 Å². The van der Waals surface area contributed by atoms with Crippen molar-refractivity contribution in [2.24, 2.45) is 0 Å². The zero-order chi connectivity index (χ0) is 25.4. The zero-order valence-corrected chi connectivity index (χ0v) is 22.0. The maximum Gasteiger partial charge on any atom is 0.264 e. The van der Waals surface area contributed by atoms with Crippen LogP contribution in [-0.2, 0) is 4.79 Å². The Morgan fingerprint density at radius 1 is 0.972 bits per heavy atom. The van der Waals surface area contributed by atoms with Gasteiger partial charge < -0.3 is 14.7 Å². The van der Waals surface area contributed by atoms with Gasteiger partial charge in [-0.3, -0.25) is 9.59 Å². The fourth-order valence-corrected chi connectivity index (χ4v) is 5.98. The van der Waals surface area contributed by atoms with Crippen molar-refractivity contribution in [1.82, 2.24) is 4.90 Å². The van der Waals surface area contributed by atoms with Gasteiger partial charge in [-0.2, -0.15) is 0 Å². The van der Waals surface area contributed by atoms with Gasteiger partial charge in [0, 0.05) is 48.9 Å². The van der Waals surface area contributed by atoms with E-state index >= 15 is 0 Å². The molecule has 0 radical (unpaired) electrons. The van der Waals surface area contributed by atoms with Crippen LogP contribution in [0, 0.1) is 13.8 Å². The molecule has 0 spiro atoms. The molecule has 0 bridgehead atoms. The van der Waals surface area contributed by atoms with Crippen LogP contribution in [0.15, 0.2) is 76.5 Å². The summed E-state index contributed by atoms with van der Waals surface area (Å²) in [6.07, 6.45) is 1.94. The summed E-state index contributed by atoms with van der Waals surface area (Å²) in [5, 5.41) is 0. The second-order valence-electron chi connectivity index (χ2n) is 9.70. The molecule has 1 saturated heterocycles. The van der Waals surface area contributed by atoms with Crippen LogP contribution in [0.1, 0.15) is 34.0 Å². The number of carbonyl (C=O) groups excluding carboxylic acids is 2. The van der Waals surface area contributed by atoms with Gasteiger partial charge in [0.15, 0.2) is 0 Å². The van der Waals surface area contributed by atoms with Crippen LogP contribution >= 0.6 is 11.8 Å². The smallest absolute Gasteiger partial charge is 0.264 e. The minimum atomic E-state index is -0.0565. The van der Waals surface area contributed by atoms with E-state index in [1.165, 1.54) is 23.0 Å². The van der Waals surface area contributed by atoms with Gasteiger partial charge in [-0.25, -0.2) is 0 Å². The van der Waals surface area contributed by atoms with Gasteiger partial charge in [-0.15, -0.1) is 0 Å². The van der Waals surface area contributed by atoms with Gasteiger partial charge >= 0.3 is 0 Å². The maximum atomic E-state index is 13.4. The lowest BCUT2D eigenvalue weighted by Gasteiger charge is -2.41. The SMILES string of the molecule is Cc1ccc(N2CCN(C(=O)c3ccc4c(c3)N(C)C(=O)/C(=C/c3cccc(C)c3)S4)CC2C)cc1. The van der Waals surface area contributed by atoms with E-state index in [0.717, 1.165) is 28.3 Å². The Hall–Kier alpha value is -3.51. The number of amides is 2. The fraction of sp³-hybridized carbons (Fsp3) is 0.267. The van der Waals surface area contributed by atoms with Crippen molar-refractivity contribution in [3.63, 3.8) is 0 Å². The summed E-state index contributed by atoms with van der Waals surface area (Å²) in [7, 11) is 1.78. The van der Waals surface area contributed by atoms with E-state index < -0.39 is 0 Å². The van der Waals surface area contributed by atoms with Gasteiger partial charge in [0.25, 0.3) is 11.8 Å². The first kappa shape index (κ1) is 24.2. The fourth-order valence-electron chi connectivity index (χ4n) is 4.88. The third kappa shape index (κ3) is 4.78. The Morgan fingerprint density at radius 3 is 2.47 bits per heavy atom. The van der Waals surface area contributed by atoms with Gasteiger partial charge in [0.2, 0.25) is 0 Å².